The molecule has 6 heteroatoms. The van der Waals surface area contributed by atoms with Crippen molar-refractivity contribution in [2.75, 3.05) is 5.32 Å². The summed E-state index contributed by atoms with van der Waals surface area (Å²) in [5, 5.41) is 1.99. The van der Waals surface area contributed by atoms with Gasteiger partial charge in [0.2, 0.25) is 5.13 Å². The number of para-hydroxylation sites is 1. The number of hydrogen-bond donors (Lipinski definition) is 1. The van der Waals surface area contributed by atoms with Gasteiger partial charge in [0.25, 0.3) is 5.91 Å². The third-order valence-electron chi connectivity index (χ3n) is 1.86. The third-order valence-corrected chi connectivity index (χ3v) is 3.16. The highest BCUT2D eigenvalue weighted by Gasteiger charge is 2.15. The zero-order chi connectivity index (χ0) is 11.5. The van der Waals surface area contributed by atoms with E-state index in [1.165, 1.54) is 5.51 Å². The van der Waals surface area contributed by atoms with Crippen LogP contribution in [0.5, 0.6) is 0 Å². The first kappa shape index (κ1) is 11.2. The Bertz CT molecular complexity index is 529. The lowest BCUT2D eigenvalue weighted by Gasteiger charge is -2.04. The molecule has 0 atom stereocenters. The lowest BCUT2D eigenvalue weighted by molar-refractivity contribution is 0.101. The van der Waals surface area contributed by atoms with Gasteiger partial charge in [-0.05, 0) is 28.1 Å². The van der Waals surface area contributed by atoms with Crippen molar-refractivity contribution in [1.29, 1.82) is 0 Å². The average molecular weight is 301 g/mol. The Labute approximate surface area is 103 Å². The van der Waals surface area contributed by atoms with Crippen LogP contribution in [0.3, 0.4) is 0 Å². The summed E-state index contributed by atoms with van der Waals surface area (Å²) in [7, 11) is 0. The van der Waals surface area contributed by atoms with E-state index in [0.29, 0.717) is 5.69 Å². The molecule has 2 aromatic rings. The first-order chi connectivity index (χ1) is 7.68. The zero-order valence-electron chi connectivity index (χ0n) is 7.91. The van der Waals surface area contributed by atoms with E-state index in [9.17, 15) is 9.18 Å². The van der Waals surface area contributed by atoms with Gasteiger partial charge in [0.15, 0.2) is 5.69 Å². The topological polar surface area (TPSA) is 42.0 Å². The van der Waals surface area contributed by atoms with Gasteiger partial charge in [0, 0.05) is 4.47 Å². The molecule has 1 N–H and O–H groups in total. The predicted octanol–water partition coefficient (Wildman–Crippen LogP) is 3.30. The molecule has 3 nitrogen and oxygen atoms in total. The largest absolute Gasteiger partial charge is 0.319 e. The standard InChI is InChI=1S/C10H6BrFN2OS/c11-6-3-1-2-4-7(6)14-10(15)8-9(12)16-5-13-8/h1-5H,(H,14,15). The third kappa shape index (κ3) is 2.28. The maximum Gasteiger partial charge on any atom is 0.278 e. The maximum absolute atomic E-state index is 13.1. The van der Waals surface area contributed by atoms with Gasteiger partial charge >= 0.3 is 0 Å². The molecule has 0 saturated heterocycles. The fourth-order valence-electron chi connectivity index (χ4n) is 1.12. The number of halogens is 2. The summed E-state index contributed by atoms with van der Waals surface area (Å²) in [5.41, 5.74) is 1.70. The SMILES string of the molecule is O=C(Nc1ccccc1Br)c1ncsc1F. The van der Waals surface area contributed by atoms with Gasteiger partial charge in [-0.1, -0.05) is 23.5 Å². The molecule has 2 rings (SSSR count). The van der Waals surface area contributed by atoms with Gasteiger partial charge in [-0.3, -0.25) is 4.79 Å². The first-order valence-electron chi connectivity index (χ1n) is 4.33. The summed E-state index contributed by atoms with van der Waals surface area (Å²) in [6, 6.07) is 7.10. The van der Waals surface area contributed by atoms with E-state index in [0.717, 1.165) is 15.8 Å². The average Bonchev–Trinajstić information content (AvgIpc) is 2.68. The minimum Gasteiger partial charge on any atom is -0.319 e. The van der Waals surface area contributed by atoms with E-state index >= 15 is 0 Å². The quantitative estimate of drug-likeness (QED) is 0.924. The number of benzene rings is 1. The summed E-state index contributed by atoms with van der Waals surface area (Å²) >= 11 is 4.08. The Balaban J connectivity index is 2.21. The maximum atomic E-state index is 13.1. The molecule has 0 aliphatic carbocycles. The number of carbonyl (C=O) groups is 1. The summed E-state index contributed by atoms with van der Waals surface area (Å²) in [6.45, 7) is 0. The Kier molecular flexibility index (Phi) is 3.31. The molecule has 16 heavy (non-hydrogen) atoms. The molecular weight excluding hydrogens is 295 g/mol. The van der Waals surface area contributed by atoms with Gasteiger partial charge in [-0.25, -0.2) is 4.98 Å². The predicted molar refractivity (Wildman–Crippen MR) is 64.2 cm³/mol. The Hall–Kier alpha value is -1.27. The van der Waals surface area contributed by atoms with Crippen LogP contribution in [0.2, 0.25) is 0 Å². The second-order valence-electron chi connectivity index (χ2n) is 2.91. The Morgan fingerprint density at radius 2 is 2.19 bits per heavy atom. The van der Waals surface area contributed by atoms with E-state index in [1.807, 2.05) is 6.07 Å². The normalized spacial score (nSPS) is 10.1. The van der Waals surface area contributed by atoms with Crippen LogP contribution in [0, 0.1) is 5.13 Å². The monoisotopic (exact) mass is 300 g/mol. The van der Waals surface area contributed by atoms with E-state index < -0.39 is 11.0 Å². The van der Waals surface area contributed by atoms with Crippen molar-refractivity contribution in [3.8, 4) is 0 Å². The minimum atomic E-state index is -0.579. The van der Waals surface area contributed by atoms with Crippen LogP contribution in [-0.2, 0) is 0 Å². The van der Waals surface area contributed by atoms with E-state index in [4.69, 9.17) is 0 Å². The molecule has 82 valence electrons. The second kappa shape index (κ2) is 4.71. The number of carbonyl (C=O) groups excluding carboxylic acids is 1. The highest BCUT2D eigenvalue weighted by atomic mass is 79.9. The van der Waals surface area contributed by atoms with Crippen LogP contribution in [0.25, 0.3) is 0 Å². The van der Waals surface area contributed by atoms with Crippen molar-refractivity contribution in [2.45, 2.75) is 0 Å². The highest BCUT2D eigenvalue weighted by Crippen LogP contribution is 2.22. The van der Waals surface area contributed by atoms with Crippen molar-refractivity contribution in [3.63, 3.8) is 0 Å². The number of nitrogens with zero attached hydrogens (tertiary/aromatic N) is 1. The van der Waals surface area contributed by atoms with Crippen LogP contribution in [-0.4, -0.2) is 10.9 Å². The van der Waals surface area contributed by atoms with Gasteiger partial charge in [-0.2, -0.15) is 4.39 Å². The smallest absolute Gasteiger partial charge is 0.278 e. The van der Waals surface area contributed by atoms with Gasteiger partial charge in [0.05, 0.1) is 11.2 Å². The molecule has 0 saturated carbocycles. The molecule has 0 bridgehead atoms. The number of thiazole rings is 1. The fourth-order valence-corrected chi connectivity index (χ4v) is 2.02. The molecule has 0 fully saturated rings. The van der Waals surface area contributed by atoms with E-state index in [-0.39, 0.29) is 5.69 Å². The number of nitrogens with one attached hydrogen (secondary N) is 1. The number of aromatic nitrogens is 1. The van der Waals surface area contributed by atoms with Gasteiger partial charge in [-0.15, -0.1) is 0 Å². The summed E-state index contributed by atoms with van der Waals surface area (Å²) < 4.78 is 13.8. The van der Waals surface area contributed by atoms with Gasteiger partial charge < -0.3 is 5.32 Å². The number of amides is 1. The molecule has 0 unspecified atom stereocenters. The van der Waals surface area contributed by atoms with Gasteiger partial charge in [0.1, 0.15) is 0 Å². The number of hydrogen-bond acceptors (Lipinski definition) is 3. The van der Waals surface area contributed by atoms with Crippen molar-refractivity contribution < 1.29 is 9.18 Å². The minimum absolute atomic E-state index is 0.180. The van der Waals surface area contributed by atoms with Crippen molar-refractivity contribution in [2.24, 2.45) is 0 Å². The molecule has 0 aliphatic heterocycles. The van der Waals surface area contributed by atoms with E-state index in [2.05, 4.69) is 26.2 Å². The Morgan fingerprint density at radius 1 is 1.44 bits per heavy atom. The molecule has 0 spiro atoms. The second-order valence-corrected chi connectivity index (χ2v) is 4.57. The van der Waals surface area contributed by atoms with Crippen LogP contribution in [0.15, 0.2) is 34.2 Å². The lowest BCUT2D eigenvalue weighted by atomic mass is 10.3. The molecule has 1 heterocycles. The van der Waals surface area contributed by atoms with E-state index in [1.54, 1.807) is 18.2 Å². The number of rotatable bonds is 2. The van der Waals surface area contributed by atoms with Crippen LogP contribution in [0.4, 0.5) is 10.1 Å². The van der Waals surface area contributed by atoms with Crippen molar-refractivity contribution in [1.82, 2.24) is 4.98 Å². The summed E-state index contributed by atoms with van der Waals surface area (Å²) in [6.07, 6.45) is 0. The summed E-state index contributed by atoms with van der Waals surface area (Å²) in [5.74, 6) is -0.550. The van der Waals surface area contributed by atoms with Crippen LogP contribution < -0.4 is 5.32 Å². The molecular formula is C10H6BrFN2OS. The van der Waals surface area contributed by atoms with Crippen molar-refractivity contribution >= 4 is 38.9 Å². The van der Waals surface area contributed by atoms with Crippen LogP contribution in [0.1, 0.15) is 10.5 Å². The molecule has 1 aromatic carbocycles. The first-order valence-corrected chi connectivity index (χ1v) is 6.00. The fraction of sp³-hybridized carbons (Fsp3) is 0. The number of anilines is 1. The molecule has 0 aliphatic rings. The lowest BCUT2D eigenvalue weighted by Crippen LogP contribution is -2.13. The summed E-state index contributed by atoms with van der Waals surface area (Å²) in [4.78, 5) is 15.3. The highest BCUT2D eigenvalue weighted by molar-refractivity contribution is 9.10. The molecule has 1 aromatic heterocycles. The molecule has 1 amide bonds. The van der Waals surface area contributed by atoms with Crippen molar-refractivity contribution in [3.05, 3.63) is 45.1 Å². The molecule has 0 radical (unpaired) electrons. The zero-order valence-corrected chi connectivity index (χ0v) is 10.3. The Morgan fingerprint density at radius 3 is 2.81 bits per heavy atom. The van der Waals surface area contributed by atoms with Crippen LogP contribution >= 0.6 is 27.3 Å².